The van der Waals surface area contributed by atoms with Crippen molar-refractivity contribution in [3.63, 3.8) is 0 Å². The largest absolute Gasteiger partial charge is 0.334 e. The number of anilines is 1. The van der Waals surface area contributed by atoms with E-state index in [9.17, 15) is 24.0 Å². The monoisotopic (exact) mass is 468 g/mol. The van der Waals surface area contributed by atoms with Crippen LogP contribution in [-0.2, 0) is 16.1 Å². The molecule has 33 heavy (non-hydrogen) atoms. The predicted molar refractivity (Wildman–Crippen MR) is 120 cm³/mol. The van der Waals surface area contributed by atoms with Gasteiger partial charge >= 0.3 is 6.03 Å². The van der Waals surface area contributed by atoms with Crippen molar-refractivity contribution >= 4 is 46.9 Å². The molecule has 0 aromatic heterocycles. The van der Waals surface area contributed by atoms with Gasteiger partial charge in [0.05, 0.1) is 11.1 Å². The summed E-state index contributed by atoms with van der Waals surface area (Å²) in [6, 6.07) is 9.34. The standard InChI is InChI=1S/C23H21ClN4O5/c1-12-3-5-14(10-17(12)24)26-22(33)25-11-13-4-6-15-16(9-13)20(31)28(19(15)30)23(2)8-7-18(29)27-21(23)32/h3-6,9-10H,7-8,11H2,1-2H3,(H2,25,26,33)(H,27,29,32)/t23-/m0/s1. The maximum absolute atomic E-state index is 13.1. The fraction of sp³-hybridized carbons (Fsp3) is 0.261. The topological polar surface area (TPSA) is 125 Å². The maximum atomic E-state index is 13.1. The molecule has 10 heteroatoms. The number of benzene rings is 2. The molecule has 2 aliphatic heterocycles. The second-order valence-corrected chi connectivity index (χ2v) is 8.66. The second kappa shape index (κ2) is 8.32. The van der Waals surface area contributed by atoms with Crippen molar-refractivity contribution in [2.24, 2.45) is 0 Å². The van der Waals surface area contributed by atoms with Crippen molar-refractivity contribution in [2.45, 2.75) is 38.8 Å². The Kier molecular flexibility index (Phi) is 5.67. The molecule has 1 saturated heterocycles. The van der Waals surface area contributed by atoms with E-state index in [0.29, 0.717) is 16.3 Å². The van der Waals surface area contributed by atoms with E-state index < -0.39 is 35.2 Å². The minimum atomic E-state index is -1.45. The van der Waals surface area contributed by atoms with Crippen molar-refractivity contribution in [2.75, 3.05) is 5.32 Å². The maximum Gasteiger partial charge on any atom is 0.319 e. The molecule has 0 radical (unpaired) electrons. The Morgan fingerprint density at radius 1 is 1.09 bits per heavy atom. The molecule has 0 spiro atoms. The number of carbonyl (C=O) groups is 5. The van der Waals surface area contributed by atoms with E-state index >= 15 is 0 Å². The van der Waals surface area contributed by atoms with Crippen molar-refractivity contribution in [1.29, 1.82) is 0 Å². The molecule has 1 fully saturated rings. The van der Waals surface area contributed by atoms with E-state index in [1.807, 2.05) is 6.92 Å². The van der Waals surface area contributed by atoms with Gasteiger partial charge < -0.3 is 10.6 Å². The van der Waals surface area contributed by atoms with Gasteiger partial charge in [-0.05, 0) is 55.7 Å². The number of amides is 6. The summed E-state index contributed by atoms with van der Waals surface area (Å²) in [6.45, 7) is 3.43. The molecule has 1 atom stereocenters. The van der Waals surface area contributed by atoms with Crippen LogP contribution in [0.25, 0.3) is 0 Å². The average molecular weight is 469 g/mol. The van der Waals surface area contributed by atoms with Crippen LogP contribution in [0.5, 0.6) is 0 Å². The SMILES string of the molecule is Cc1ccc(NC(=O)NCc2ccc3c(c2)C(=O)N([C@@]2(C)CCC(=O)NC2=O)C3=O)cc1Cl. The lowest BCUT2D eigenvalue weighted by Crippen LogP contribution is -2.62. The van der Waals surface area contributed by atoms with Crippen LogP contribution in [0.1, 0.15) is 51.6 Å². The summed E-state index contributed by atoms with van der Waals surface area (Å²) in [5.41, 5.74) is 0.895. The molecule has 2 aromatic rings. The van der Waals surface area contributed by atoms with Crippen LogP contribution in [0.4, 0.5) is 10.5 Å². The number of hydrogen-bond donors (Lipinski definition) is 3. The summed E-state index contributed by atoms with van der Waals surface area (Å²) in [6.07, 6.45) is 0.0901. The first-order valence-corrected chi connectivity index (χ1v) is 10.6. The summed E-state index contributed by atoms with van der Waals surface area (Å²) in [5.74, 6) is -2.31. The summed E-state index contributed by atoms with van der Waals surface area (Å²) < 4.78 is 0. The molecule has 4 rings (SSSR count). The highest BCUT2D eigenvalue weighted by molar-refractivity contribution is 6.31. The number of aryl methyl sites for hydroxylation is 1. The minimum absolute atomic E-state index is 0.0339. The van der Waals surface area contributed by atoms with Crippen LogP contribution in [0, 0.1) is 6.92 Å². The molecule has 0 bridgehead atoms. The van der Waals surface area contributed by atoms with Crippen molar-refractivity contribution in [1.82, 2.24) is 15.5 Å². The molecule has 2 aliphatic rings. The number of nitrogens with one attached hydrogen (secondary N) is 3. The lowest BCUT2D eigenvalue weighted by molar-refractivity contribution is -0.140. The van der Waals surface area contributed by atoms with Crippen LogP contribution in [0.15, 0.2) is 36.4 Å². The molecule has 2 aromatic carbocycles. The van der Waals surface area contributed by atoms with Crippen molar-refractivity contribution in [3.05, 3.63) is 63.7 Å². The lowest BCUT2D eigenvalue weighted by atomic mass is 9.89. The number of piperidine rings is 1. The molecule has 2 heterocycles. The zero-order valence-corrected chi connectivity index (χ0v) is 18.7. The van der Waals surface area contributed by atoms with Crippen LogP contribution in [0.2, 0.25) is 5.02 Å². The van der Waals surface area contributed by atoms with Gasteiger partial charge in [-0.15, -0.1) is 0 Å². The van der Waals surface area contributed by atoms with Gasteiger partial charge in [0.2, 0.25) is 5.91 Å². The molecular formula is C23H21ClN4O5. The van der Waals surface area contributed by atoms with E-state index in [1.165, 1.54) is 19.1 Å². The number of urea groups is 1. The molecule has 0 unspecified atom stereocenters. The van der Waals surface area contributed by atoms with E-state index in [-0.39, 0.29) is 30.5 Å². The van der Waals surface area contributed by atoms with Gasteiger partial charge in [-0.1, -0.05) is 23.7 Å². The minimum Gasteiger partial charge on any atom is -0.334 e. The van der Waals surface area contributed by atoms with Crippen molar-refractivity contribution < 1.29 is 24.0 Å². The number of halogens is 1. The quantitative estimate of drug-likeness (QED) is 0.595. The number of carbonyl (C=O) groups excluding carboxylic acids is 5. The van der Waals surface area contributed by atoms with Crippen molar-refractivity contribution in [3.8, 4) is 0 Å². The Morgan fingerprint density at radius 3 is 2.52 bits per heavy atom. The van der Waals surface area contributed by atoms with E-state index in [2.05, 4.69) is 16.0 Å². The summed E-state index contributed by atoms with van der Waals surface area (Å²) in [5, 5.41) is 8.09. The first-order chi connectivity index (χ1) is 15.6. The summed E-state index contributed by atoms with van der Waals surface area (Å²) >= 11 is 6.07. The van der Waals surface area contributed by atoms with E-state index in [0.717, 1.165) is 10.5 Å². The molecule has 0 saturated carbocycles. The summed E-state index contributed by atoms with van der Waals surface area (Å²) in [7, 11) is 0. The zero-order valence-electron chi connectivity index (χ0n) is 18.0. The number of rotatable bonds is 4. The number of fused-ring (bicyclic) bond motifs is 1. The molecule has 6 amide bonds. The fourth-order valence-electron chi connectivity index (χ4n) is 3.88. The molecule has 170 valence electrons. The van der Waals surface area contributed by atoms with Crippen LogP contribution < -0.4 is 16.0 Å². The third kappa shape index (κ3) is 4.07. The lowest BCUT2D eigenvalue weighted by Gasteiger charge is -2.38. The second-order valence-electron chi connectivity index (χ2n) is 8.25. The highest BCUT2D eigenvalue weighted by atomic mass is 35.5. The molecule has 9 nitrogen and oxygen atoms in total. The normalized spacial score (nSPS) is 19.9. The number of hydrogen-bond acceptors (Lipinski definition) is 5. The van der Waals surface area contributed by atoms with E-state index in [1.54, 1.807) is 24.3 Å². The Morgan fingerprint density at radius 2 is 1.82 bits per heavy atom. The van der Waals surface area contributed by atoms with Gasteiger partial charge in [0.25, 0.3) is 17.7 Å². The van der Waals surface area contributed by atoms with Gasteiger partial charge in [0, 0.05) is 23.7 Å². The third-order valence-corrected chi connectivity index (χ3v) is 6.32. The Balaban J connectivity index is 1.46. The zero-order chi connectivity index (χ0) is 23.9. The molecular weight excluding hydrogens is 448 g/mol. The van der Waals surface area contributed by atoms with Gasteiger partial charge in [-0.3, -0.25) is 29.4 Å². The first-order valence-electron chi connectivity index (χ1n) is 10.3. The van der Waals surface area contributed by atoms with Gasteiger partial charge in [0.1, 0.15) is 5.54 Å². The molecule has 0 aliphatic carbocycles. The van der Waals surface area contributed by atoms with E-state index in [4.69, 9.17) is 11.6 Å². The summed E-state index contributed by atoms with van der Waals surface area (Å²) in [4.78, 5) is 63.1. The highest BCUT2D eigenvalue weighted by Gasteiger charge is 2.52. The molecule has 3 N–H and O–H groups in total. The fourth-order valence-corrected chi connectivity index (χ4v) is 4.06. The van der Waals surface area contributed by atoms with Crippen LogP contribution in [0.3, 0.4) is 0 Å². The number of imide groups is 2. The van der Waals surface area contributed by atoms with Crippen LogP contribution >= 0.6 is 11.6 Å². The van der Waals surface area contributed by atoms with Crippen LogP contribution in [-0.4, -0.2) is 40.1 Å². The Hall–Kier alpha value is -3.72. The number of nitrogens with zero attached hydrogens (tertiary/aromatic N) is 1. The smallest absolute Gasteiger partial charge is 0.319 e. The predicted octanol–water partition coefficient (Wildman–Crippen LogP) is 2.76. The van der Waals surface area contributed by atoms with Gasteiger partial charge in [-0.2, -0.15) is 0 Å². The highest BCUT2D eigenvalue weighted by Crippen LogP contribution is 2.34. The Bertz CT molecular complexity index is 1230. The average Bonchev–Trinajstić information content (AvgIpc) is 3.02. The van der Waals surface area contributed by atoms with Gasteiger partial charge in [0.15, 0.2) is 0 Å². The first kappa shape index (κ1) is 22.5. The van der Waals surface area contributed by atoms with Gasteiger partial charge in [-0.25, -0.2) is 4.79 Å². The third-order valence-electron chi connectivity index (χ3n) is 5.91. The Labute approximate surface area is 194 Å².